The standard InChI is InChI=1S/C15H22BrN5/c1-11-19-15-14(9-12(16)10-18-15)21(11)7-4-13-3-2-6-20(13)8-5-17/h9-10,13H,2-8,17H2,1H3/t13-/m0/s1. The number of halogens is 1. The molecule has 5 nitrogen and oxygen atoms in total. The number of aromatic nitrogens is 3. The molecule has 0 aromatic carbocycles. The number of nitrogens with two attached hydrogens (primary N) is 1. The Morgan fingerprint density at radius 2 is 2.29 bits per heavy atom. The van der Waals surface area contributed by atoms with Crippen LogP contribution in [0.2, 0.25) is 0 Å². The van der Waals surface area contributed by atoms with Crippen LogP contribution in [0.1, 0.15) is 25.1 Å². The molecule has 3 rings (SSSR count). The molecule has 0 radical (unpaired) electrons. The van der Waals surface area contributed by atoms with Gasteiger partial charge in [0.1, 0.15) is 5.82 Å². The summed E-state index contributed by atoms with van der Waals surface area (Å²) in [6.45, 7) is 6.01. The SMILES string of the molecule is Cc1nc2ncc(Br)cc2n1CC[C@@H]1CCCN1CCN. The average Bonchev–Trinajstić information content (AvgIpc) is 3.01. The summed E-state index contributed by atoms with van der Waals surface area (Å²) in [5.41, 5.74) is 7.66. The maximum atomic E-state index is 5.71. The molecule has 0 spiro atoms. The van der Waals surface area contributed by atoms with E-state index in [1.165, 1.54) is 19.4 Å². The third kappa shape index (κ3) is 3.12. The molecule has 21 heavy (non-hydrogen) atoms. The molecule has 1 aliphatic heterocycles. The number of likely N-dealkylation sites (tertiary alicyclic amines) is 1. The van der Waals surface area contributed by atoms with Gasteiger partial charge in [-0.1, -0.05) is 0 Å². The molecule has 0 amide bonds. The number of pyridine rings is 1. The first-order valence-corrected chi connectivity index (χ1v) is 8.41. The van der Waals surface area contributed by atoms with Gasteiger partial charge in [-0.05, 0) is 54.7 Å². The van der Waals surface area contributed by atoms with Crippen LogP contribution in [0, 0.1) is 6.92 Å². The van der Waals surface area contributed by atoms with Gasteiger partial charge in [0.2, 0.25) is 0 Å². The van der Waals surface area contributed by atoms with Gasteiger partial charge in [0.15, 0.2) is 5.65 Å². The Morgan fingerprint density at radius 1 is 1.43 bits per heavy atom. The van der Waals surface area contributed by atoms with Crippen molar-refractivity contribution in [2.45, 2.75) is 38.8 Å². The fraction of sp³-hybridized carbons (Fsp3) is 0.600. The third-order valence-electron chi connectivity index (χ3n) is 4.36. The summed E-state index contributed by atoms with van der Waals surface area (Å²) in [5, 5.41) is 0. The van der Waals surface area contributed by atoms with Crippen LogP contribution in [0.15, 0.2) is 16.7 Å². The molecule has 3 heterocycles. The van der Waals surface area contributed by atoms with Crippen molar-refractivity contribution < 1.29 is 0 Å². The first kappa shape index (κ1) is 14.9. The van der Waals surface area contributed by atoms with Gasteiger partial charge in [-0.2, -0.15) is 0 Å². The fourth-order valence-corrected chi connectivity index (χ4v) is 3.66. The lowest BCUT2D eigenvalue weighted by Gasteiger charge is -2.24. The van der Waals surface area contributed by atoms with Crippen LogP contribution in [0.4, 0.5) is 0 Å². The van der Waals surface area contributed by atoms with Crippen LogP contribution in [-0.2, 0) is 6.54 Å². The number of rotatable bonds is 5. The molecule has 0 bridgehead atoms. The molecule has 2 aromatic heterocycles. The van der Waals surface area contributed by atoms with Crippen LogP contribution in [0.25, 0.3) is 11.2 Å². The summed E-state index contributed by atoms with van der Waals surface area (Å²) >= 11 is 3.50. The van der Waals surface area contributed by atoms with Crippen LogP contribution >= 0.6 is 15.9 Å². The van der Waals surface area contributed by atoms with E-state index >= 15 is 0 Å². The number of imidazole rings is 1. The molecule has 0 unspecified atom stereocenters. The predicted molar refractivity (Wildman–Crippen MR) is 88.2 cm³/mol. The number of nitrogens with zero attached hydrogens (tertiary/aromatic N) is 4. The van der Waals surface area contributed by atoms with E-state index in [9.17, 15) is 0 Å². The quantitative estimate of drug-likeness (QED) is 0.897. The van der Waals surface area contributed by atoms with Crippen molar-refractivity contribution in [3.05, 3.63) is 22.6 Å². The molecular formula is C15H22BrN5. The van der Waals surface area contributed by atoms with Crippen LogP contribution < -0.4 is 5.73 Å². The first-order chi connectivity index (χ1) is 10.2. The zero-order valence-electron chi connectivity index (χ0n) is 12.4. The molecule has 114 valence electrons. The van der Waals surface area contributed by atoms with Crippen molar-refractivity contribution in [2.75, 3.05) is 19.6 Å². The van der Waals surface area contributed by atoms with Crippen molar-refractivity contribution in [3.63, 3.8) is 0 Å². The van der Waals surface area contributed by atoms with Crippen molar-refractivity contribution in [1.29, 1.82) is 0 Å². The minimum atomic E-state index is 0.658. The monoisotopic (exact) mass is 351 g/mol. The maximum absolute atomic E-state index is 5.71. The second kappa shape index (κ2) is 6.42. The van der Waals surface area contributed by atoms with E-state index in [4.69, 9.17) is 5.73 Å². The summed E-state index contributed by atoms with van der Waals surface area (Å²) < 4.78 is 3.29. The van der Waals surface area contributed by atoms with E-state index in [0.29, 0.717) is 6.04 Å². The van der Waals surface area contributed by atoms with Crippen LogP contribution in [-0.4, -0.2) is 45.1 Å². The molecule has 1 atom stereocenters. The summed E-state index contributed by atoms with van der Waals surface area (Å²) in [6.07, 6.45) is 5.53. The second-order valence-corrected chi connectivity index (χ2v) is 6.63. The number of hydrogen-bond acceptors (Lipinski definition) is 4. The van der Waals surface area contributed by atoms with Gasteiger partial charge < -0.3 is 10.3 Å². The lowest BCUT2D eigenvalue weighted by atomic mass is 10.1. The van der Waals surface area contributed by atoms with Gasteiger partial charge in [0.25, 0.3) is 0 Å². The molecule has 0 saturated carbocycles. The lowest BCUT2D eigenvalue weighted by molar-refractivity contribution is 0.242. The number of aryl methyl sites for hydroxylation is 2. The van der Waals surface area contributed by atoms with Gasteiger partial charge in [-0.3, -0.25) is 4.90 Å². The Bertz CT molecular complexity index is 624. The summed E-state index contributed by atoms with van der Waals surface area (Å²) in [5.74, 6) is 1.04. The number of fused-ring (bicyclic) bond motifs is 1. The summed E-state index contributed by atoms with van der Waals surface area (Å²) in [6, 6.07) is 2.76. The van der Waals surface area contributed by atoms with E-state index in [2.05, 4.69) is 48.4 Å². The van der Waals surface area contributed by atoms with Gasteiger partial charge >= 0.3 is 0 Å². The van der Waals surface area contributed by atoms with Gasteiger partial charge in [0, 0.05) is 36.3 Å². The second-order valence-electron chi connectivity index (χ2n) is 5.72. The van der Waals surface area contributed by atoms with Crippen LogP contribution in [0.3, 0.4) is 0 Å². The van der Waals surface area contributed by atoms with Gasteiger partial charge in [-0.25, -0.2) is 9.97 Å². The Kier molecular flexibility index (Phi) is 4.57. The first-order valence-electron chi connectivity index (χ1n) is 7.61. The average molecular weight is 352 g/mol. The van der Waals surface area contributed by atoms with E-state index in [1.807, 2.05) is 0 Å². The highest BCUT2D eigenvalue weighted by Crippen LogP contribution is 2.23. The minimum absolute atomic E-state index is 0.658. The molecule has 1 fully saturated rings. The van der Waals surface area contributed by atoms with Gasteiger partial charge in [0.05, 0.1) is 5.52 Å². The van der Waals surface area contributed by atoms with E-state index < -0.39 is 0 Å². The maximum Gasteiger partial charge on any atom is 0.177 e. The highest BCUT2D eigenvalue weighted by atomic mass is 79.9. The largest absolute Gasteiger partial charge is 0.329 e. The van der Waals surface area contributed by atoms with E-state index in [-0.39, 0.29) is 0 Å². The summed E-state index contributed by atoms with van der Waals surface area (Å²) in [4.78, 5) is 11.5. The Morgan fingerprint density at radius 3 is 3.10 bits per heavy atom. The Labute approximate surface area is 133 Å². The van der Waals surface area contributed by atoms with E-state index in [0.717, 1.165) is 47.5 Å². The number of hydrogen-bond donors (Lipinski definition) is 1. The molecule has 6 heteroatoms. The molecule has 1 saturated heterocycles. The van der Waals surface area contributed by atoms with Crippen molar-refractivity contribution in [1.82, 2.24) is 19.4 Å². The normalized spacial score (nSPS) is 19.7. The Balaban J connectivity index is 1.76. The smallest absolute Gasteiger partial charge is 0.177 e. The predicted octanol–water partition coefficient (Wildman–Crippen LogP) is 2.32. The van der Waals surface area contributed by atoms with E-state index in [1.54, 1.807) is 6.20 Å². The minimum Gasteiger partial charge on any atom is -0.329 e. The molecule has 2 N–H and O–H groups in total. The zero-order chi connectivity index (χ0) is 14.8. The van der Waals surface area contributed by atoms with Crippen LogP contribution in [0.5, 0.6) is 0 Å². The van der Waals surface area contributed by atoms with Crippen molar-refractivity contribution >= 4 is 27.1 Å². The Hall–Kier alpha value is -0.980. The lowest BCUT2D eigenvalue weighted by Crippen LogP contribution is -2.34. The van der Waals surface area contributed by atoms with Crippen molar-refractivity contribution in [3.8, 4) is 0 Å². The molecular weight excluding hydrogens is 330 g/mol. The topological polar surface area (TPSA) is 60.0 Å². The molecule has 2 aromatic rings. The zero-order valence-corrected chi connectivity index (χ0v) is 14.0. The van der Waals surface area contributed by atoms with Crippen molar-refractivity contribution in [2.24, 2.45) is 5.73 Å². The highest BCUT2D eigenvalue weighted by molar-refractivity contribution is 9.10. The molecule has 0 aliphatic carbocycles. The highest BCUT2D eigenvalue weighted by Gasteiger charge is 2.23. The molecule has 1 aliphatic rings. The third-order valence-corrected chi connectivity index (χ3v) is 4.80. The summed E-state index contributed by atoms with van der Waals surface area (Å²) in [7, 11) is 0. The van der Waals surface area contributed by atoms with Gasteiger partial charge in [-0.15, -0.1) is 0 Å². The fourth-order valence-electron chi connectivity index (χ4n) is 3.34.